The number of hydrogen-bond donors (Lipinski definition) is 1. The second-order valence-corrected chi connectivity index (χ2v) is 5.47. The Morgan fingerprint density at radius 3 is 2.40 bits per heavy atom. The molecule has 7 heteroatoms. The van der Waals surface area contributed by atoms with E-state index >= 15 is 0 Å². The Balaban J connectivity index is 4.08. The van der Waals surface area contributed by atoms with Crippen LogP contribution in [0, 0.1) is 0 Å². The maximum atomic E-state index is 11.3. The van der Waals surface area contributed by atoms with Gasteiger partial charge in [-0.15, -0.1) is 0 Å². The molecule has 0 heterocycles. The molecule has 0 aromatic carbocycles. The summed E-state index contributed by atoms with van der Waals surface area (Å²) in [7, 11) is -2.37. The average molecular weight is 239 g/mol. The summed E-state index contributed by atoms with van der Waals surface area (Å²) in [4.78, 5) is 10.3. The topological polar surface area (TPSA) is 83.9 Å². The van der Waals surface area contributed by atoms with Gasteiger partial charge in [0.05, 0.1) is 12.7 Å². The predicted molar refractivity (Wildman–Crippen MR) is 55.1 cm³/mol. The number of ether oxygens (including phenoxy) is 1. The maximum Gasteiger partial charge on any atom is 0.320 e. The minimum atomic E-state index is -3.70. The van der Waals surface area contributed by atoms with Gasteiger partial charge in [0.15, 0.2) is 5.75 Å². The first kappa shape index (κ1) is 14.3. The van der Waals surface area contributed by atoms with Gasteiger partial charge in [0.2, 0.25) is 10.0 Å². The molecular weight excluding hydrogens is 222 g/mol. The molecule has 0 saturated carbocycles. The van der Waals surface area contributed by atoms with Crippen molar-refractivity contribution in [3.63, 3.8) is 0 Å². The molecule has 0 aromatic rings. The normalized spacial score (nSPS) is 12.3. The molecule has 0 amide bonds. The van der Waals surface area contributed by atoms with Crippen molar-refractivity contribution in [2.75, 3.05) is 26.0 Å². The van der Waals surface area contributed by atoms with E-state index in [1.54, 1.807) is 0 Å². The van der Waals surface area contributed by atoms with Gasteiger partial charge in [-0.1, -0.05) is 0 Å². The zero-order valence-electron chi connectivity index (χ0n) is 9.13. The van der Waals surface area contributed by atoms with Gasteiger partial charge in [-0.3, -0.25) is 4.79 Å². The lowest BCUT2D eigenvalue weighted by atomic mass is 10.5. The van der Waals surface area contributed by atoms with Crippen LogP contribution in [0.4, 0.5) is 0 Å². The van der Waals surface area contributed by atoms with Gasteiger partial charge < -0.3 is 9.84 Å². The Morgan fingerprint density at radius 2 is 2.00 bits per heavy atom. The van der Waals surface area contributed by atoms with E-state index in [9.17, 15) is 13.2 Å². The SMILES string of the molecule is CC(C)OCCN(C)S(=O)(=O)CC(=O)O. The van der Waals surface area contributed by atoms with Crippen LogP contribution in [0.1, 0.15) is 13.8 Å². The fourth-order valence-electron chi connectivity index (χ4n) is 0.822. The highest BCUT2D eigenvalue weighted by atomic mass is 32.2. The smallest absolute Gasteiger partial charge is 0.320 e. The highest BCUT2D eigenvalue weighted by Gasteiger charge is 2.21. The van der Waals surface area contributed by atoms with Crippen molar-refractivity contribution in [2.45, 2.75) is 20.0 Å². The molecular formula is C8H17NO5S. The lowest BCUT2D eigenvalue weighted by Crippen LogP contribution is -2.34. The Labute approximate surface area is 89.9 Å². The molecule has 0 fully saturated rings. The summed E-state index contributed by atoms with van der Waals surface area (Å²) in [5.74, 6) is -2.24. The van der Waals surface area contributed by atoms with Gasteiger partial charge in [-0.05, 0) is 13.8 Å². The second-order valence-electron chi connectivity index (χ2n) is 3.39. The van der Waals surface area contributed by atoms with Gasteiger partial charge >= 0.3 is 5.97 Å². The van der Waals surface area contributed by atoms with Crippen LogP contribution in [0.5, 0.6) is 0 Å². The quantitative estimate of drug-likeness (QED) is 0.662. The van der Waals surface area contributed by atoms with E-state index in [-0.39, 0.29) is 19.3 Å². The van der Waals surface area contributed by atoms with Crippen LogP contribution in [-0.4, -0.2) is 55.9 Å². The van der Waals surface area contributed by atoms with E-state index in [1.807, 2.05) is 13.8 Å². The summed E-state index contributed by atoms with van der Waals surface area (Å²) >= 11 is 0. The highest BCUT2D eigenvalue weighted by molar-refractivity contribution is 7.89. The van der Waals surface area contributed by atoms with Crippen LogP contribution in [-0.2, 0) is 19.6 Å². The summed E-state index contributed by atoms with van der Waals surface area (Å²) in [5, 5.41) is 8.37. The van der Waals surface area contributed by atoms with E-state index in [1.165, 1.54) is 7.05 Å². The molecule has 0 aliphatic rings. The number of nitrogens with zero attached hydrogens (tertiary/aromatic N) is 1. The van der Waals surface area contributed by atoms with Crippen LogP contribution in [0.15, 0.2) is 0 Å². The first-order valence-corrected chi connectivity index (χ1v) is 6.14. The Morgan fingerprint density at radius 1 is 1.47 bits per heavy atom. The summed E-state index contributed by atoms with van der Waals surface area (Å²) in [5.41, 5.74) is 0. The summed E-state index contributed by atoms with van der Waals surface area (Å²) < 4.78 is 28.8. The van der Waals surface area contributed by atoms with Gasteiger partial charge in [0.25, 0.3) is 0 Å². The van der Waals surface area contributed by atoms with Crippen LogP contribution in [0.25, 0.3) is 0 Å². The predicted octanol–water partition coefficient (Wildman–Crippen LogP) is -0.242. The van der Waals surface area contributed by atoms with E-state index < -0.39 is 21.7 Å². The number of carbonyl (C=O) groups is 1. The molecule has 0 rings (SSSR count). The molecule has 0 aromatic heterocycles. The minimum absolute atomic E-state index is 0.0283. The van der Waals surface area contributed by atoms with Gasteiger partial charge in [0.1, 0.15) is 0 Å². The standard InChI is InChI=1S/C8H17NO5S/c1-7(2)14-5-4-9(3)15(12,13)6-8(10)11/h7H,4-6H2,1-3H3,(H,10,11). The number of rotatable bonds is 7. The van der Waals surface area contributed by atoms with E-state index in [2.05, 4.69) is 0 Å². The van der Waals surface area contributed by atoms with Crippen molar-refractivity contribution in [1.82, 2.24) is 4.31 Å². The van der Waals surface area contributed by atoms with Crippen LogP contribution < -0.4 is 0 Å². The number of carboxylic acid groups (broad SMARTS) is 1. The summed E-state index contributed by atoms with van der Waals surface area (Å²) in [6, 6.07) is 0. The Hall–Kier alpha value is -0.660. The lowest BCUT2D eigenvalue weighted by Gasteiger charge is -2.16. The molecule has 6 nitrogen and oxygen atoms in total. The fourth-order valence-corrected chi connectivity index (χ4v) is 1.71. The zero-order chi connectivity index (χ0) is 12.1. The van der Waals surface area contributed by atoms with Gasteiger partial charge in [-0.2, -0.15) is 0 Å². The van der Waals surface area contributed by atoms with Gasteiger partial charge in [-0.25, -0.2) is 12.7 Å². The average Bonchev–Trinajstić information content (AvgIpc) is 2.00. The molecule has 0 aliphatic heterocycles. The van der Waals surface area contributed by atoms with E-state index in [4.69, 9.17) is 9.84 Å². The van der Waals surface area contributed by atoms with Gasteiger partial charge in [0, 0.05) is 13.6 Å². The molecule has 0 saturated heterocycles. The zero-order valence-corrected chi connectivity index (χ0v) is 9.95. The van der Waals surface area contributed by atoms with Crippen molar-refractivity contribution in [3.8, 4) is 0 Å². The molecule has 15 heavy (non-hydrogen) atoms. The monoisotopic (exact) mass is 239 g/mol. The number of sulfonamides is 1. The summed E-state index contributed by atoms with van der Waals surface area (Å²) in [6.07, 6.45) is 0.0283. The first-order chi connectivity index (χ1) is 6.75. The number of hydrogen-bond acceptors (Lipinski definition) is 4. The molecule has 0 spiro atoms. The Kier molecular flexibility index (Phi) is 5.77. The third-order valence-electron chi connectivity index (χ3n) is 1.64. The molecule has 0 radical (unpaired) electrons. The van der Waals surface area contributed by atoms with E-state index in [0.29, 0.717) is 0 Å². The van der Waals surface area contributed by atoms with Crippen molar-refractivity contribution < 1.29 is 23.1 Å². The van der Waals surface area contributed by atoms with Crippen LogP contribution in [0.2, 0.25) is 0 Å². The van der Waals surface area contributed by atoms with Crippen LogP contribution >= 0.6 is 0 Å². The molecule has 0 atom stereocenters. The van der Waals surface area contributed by atoms with Crippen molar-refractivity contribution >= 4 is 16.0 Å². The molecule has 0 unspecified atom stereocenters. The second kappa shape index (κ2) is 6.04. The van der Waals surface area contributed by atoms with Crippen molar-refractivity contribution in [3.05, 3.63) is 0 Å². The van der Waals surface area contributed by atoms with Crippen molar-refractivity contribution in [1.29, 1.82) is 0 Å². The maximum absolute atomic E-state index is 11.3. The number of carboxylic acids is 1. The van der Waals surface area contributed by atoms with Crippen molar-refractivity contribution in [2.24, 2.45) is 0 Å². The first-order valence-electron chi connectivity index (χ1n) is 4.53. The molecule has 90 valence electrons. The fraction of sp³-hybridized carbons (Fsp3) is 0.875. The summed E-state index contributed by atoms with van der Waals surface area (Å²) in [6.45, 7) is 4.10. The molecule has 0 bridgehead atoms. The Bertz CT molecular complexity index is 298. The minimum Gasteiger partial charge on any atom is -0.480 e. The molecule has 1 N–H and O–H groups in total. The highest BCUT2D eigenvalue weighted by Crippen LogP contribution is 1.98. The lowest BCUT2D eigenvalue weighted by molar-refractivity contribution is -0.134. The number of likely N-dealkylation sites (N-methyl/N-ethyl adjacent to an activating group) is 1. The third kappa shape index (κ3) is 6.43. The largest absolute Gasteiger partial charge is 0.480 e. The van der Waals surface area contributed by atoms with Crippen LogP contribution in [0.3, 0.4) is 0 Å². The third-order valence-corrected chi connectivity index (χ3v) is 3.38. The number of aliphatic carboxylic acids is 1. The van der Waals surface area contributed by atoms with E-state index in [0.717, 1.165) is 4.31 Å². The molecule has 0 aliphatic carbocycles.